The standard InChI is InChI=1S/C21H27NO4S/c1-4-9-16-14-17(10-5-2)21-19(15-16)22(26-27(23,24)13-6-3)18-11-7-8-12-20(18)25-21/h7-8,11-12,14-15H,4-6,9-10,13H2,1-3H3. The zero-order chi connectivity index (χ0) is 19.4. The van der Waals surface area contributed by atoms with Crippen LogP contribution in [0.5, 0.6) is 11.5 Å². The van der Waals surface area contributed by atoms with Gasteiger partial charge in [-0.1, -0.05) is 51.8 Å². The van der Waals surface area contributed by atoms with Gasteiger partial charge in [0, 0.05) is 0 Å². The smallest absolute Gasteiger partial charge is 0.288 e. The molecule has 0 saturated carbocycles. The van der Waals surface area contributed by atoms with E-state index < -0.39 is 10.1 Å². The summed E-state index contributed by atoms with van der Waals surface area (Å²) in [5, 5.41) is 1.43. The number of nitrogens with zero attached hydrogens (tertiary/aromatic N) is 1. The first-order chi connectivity index (χ1) is 13.0. The first-order valence-electron chi connectivity index (χ1n) is 9.64. The SMILES string of the molecule is CCCc1cc(CCC)c2c(c1)N(OS(=O)(=O)CCC)c1ccccc1O2. The van der Waals surface area contributed by atoms with Gasteiger partial charge in [-0.2, -0.15) is 13.5 Å². The lowest BCUT2D eigenvalue weighted by Gasteiger charge is -2.32. The van der Waals surface area contributed by atoms with Crippen LogP contribution in [-0.2, 0) is 27.2 Å². The van der Waals surface area contributed by atoms with E-state index in [4.69, 9.17) is 9.02 Å². The van der Waals surface area contributed by atoms with Gasteiger partial charge in [-0.25, -0.2) is 0 Å². The molecule has 2 aromatic carbocycles. The molecule has 0 fully saturated rings. The highest BCUT2D eigenvalue weighted by Gasteiger charge is 2.31. The van der Waals surface area contributed by atoms with Gasteiger partial charge in [0.1, 0.15) is 11.4 Å². The van der Waals surface area contributed by atoms with Gasteiger partial charge >= 0.3 is 0 Å². The van der Waals surface area contributed by atoms with Gasteiger partial charge in [0.2, 0.25) is 0 Å². The van der Waals surface area contributed by atoms with Crippen LogP contribution in [0.4, 0.5) is 11.4 Å². The summed E-state index contributed by atoms with van der Waals surface area (Å²) in [5.41, 5.74) is 3.49. The fourth-order valence-electron chi connectivity index (χ4n) is 3.33. The molecule has 0 bridgehead atoms. The summed E-state index contributed by atoms with van der Waals surface area (Å²) in [6.45, 7) is 6.07. The van der Waals surface area contributed by atoms with Crippen molar-refractivity contribution >= 4 is 21.5 Å². The molecule has 0 unspecified atom stereocenters. The first-order valence-corrected chi connectivity index (χ1v) is 11.2. The molecule has 1 aliphatic heterocycles. The number of anilines is 2. The van der Waals surface area contributed by atoms with Crippen molar-refractivity contribution in [3.8, 4) is 11.5 Å². The molecule has 6 heteroatoms. The van der Waals surface area contributed by atoms with Gasteiger partial charge in [0.25, 0.3) is 10.1 Å². The Hall–Kier alpha value is -2.05. The fourth-order valence-corrected chi connectivity index (χ4v) is 4.29. The van der Waals surface area contributed by atoms with E-state index in [1.165, 1.54) is 5.06 Å². The molecule has 0 atom stereocenters. The average molecular weight is 390 g/mol. The number of para-hydroxylation sites is 2. The molecule has 1 heterocycles. The molecule has 0 aliphatic carbocycles. The molecule has 5 nitrogen and oxygen atoms in total. The van der Waals surface area contributed by atoms with E-state index in [0.29, 0.717) is 29.3 Å². The maximum absolute atomic E-state index is 12.4. The second-order valence-electron chi connectivity index (χ2n) is 6.80. The van der Waals surface area contributed by atoms with Crippen LogP contribution in [0.25, 0.3) is 0 Å². The van der Waals surface area contributed by atoms with Gasteiger partial charge < -0.3 is 4.74 Å². The Morgan fingerprint density at radius 3 is 2.41 bits per heavy atom. The molecule has 0 amide bonds. The molecule has 3 rings (SSSR count). The predicted molar refractivity (Wildman–Crippen MR) is 108 cm³/mol. The Morgan fingerprint density at radius 2 is 1.70 bits per heavy atom. The van der Waals surface area contributed by atoms with Gasteiger partial charge in [0.05, 0.1) is 5.75 Å². The zero-order valence-electron chi connectivity index (χ0n) is 16.2. The topological polar surface area (TPSA) is 55.8 Å². The van der Waals surface area contributed by atoms with E-state index >= 15 is 0 Å². The van der Waals surface area contributed by atoms with E-state index in [0.717, 1.165) is 36.8 Å². The number of benzene rings is 2. The van der Waals surface area contributed by atoms with Gasteiger partial charge in [-0.3, -0.25) is 0 Å². The second-order valence-corrected chi connectivity index (χ2v) is 8.48. The second kappa shape index (κ2) is 8.31. The van der Waals surface area contributed by atoms with Crippen LogP contribution in [0, 0.1) is 0 Å². The fraction of sp³-hybridized carbons (Fsp3) is 0.429. The number of ether oxygens (including phenoxy) is 1. The van der Waals surface area contributed by atoms with Crippen LogP contribution in [0.3, 0.4) is 0 Å². The number of aryl methyl sites for hydroxylation is 2. The molecular weight excluding hydrogens is 362 g/mol. The molecule has 0 N–H and O–H groups in total. The van der Waals surface area contributed by atoms with Crippen molar-refractivity contribution < 1.29 is 17.4 Å². The molecule has 27 heavy (non-hydrogen) atoms. The number of hydrogen-bond acceptors (Lipinski definition) is 5. The summed E-state index contributed by atoms with van der Waals surface area (Å²) >= 11 is 0. The van der Waals surface area contributed by atoms with E-state index in [9.17, 15) is 8.42 Å². The van der Waals surface area contributed by atoms with Crippen LogP contribution >= 0.6 is 0 Å². The maximum atomic E-state index is 12.4. The van der Waals surface area contributed by atoms with Crippen molar-refractivity contribution in [2.75, 3.05) is 10.8 Å². The third-order valence-corrected chi connectivity index (χ3v) is 5.71. The van der Waals surface area contributed by atoms with Crippen molar-refractivity contribution in [3.63, 3.8) is 0 Å². The monoisotopic (exact) mass is 389 g/mol. The minimum atomic E-state index is -3.70. The van der Waals surface area contributed by atoms with Gasteiger partial charge in [0.15, 0.2) is 11.5 Å². The summed E-state index contributed by atoms with van der Waals surface area (Å²) in [6.07, 6.45) is 4.26. The van der Waals surface area contributed by atoms with Gasteiger partial charge in [-0.15, -0.1) is 4.28 Å². The van der Waals surface area contributed by atoms with Crippen molar-refractivity contribution in [2.45, 2.75) is 52.9 Å². The highest BCUT2D eigenvalue weighted by molar-refractivity contribution is 7.86. The van der Waals surface area contributed by atoms with Crippen LogP contribution in [0.1, 0.15) is 51.2 Å². The molecule has 0 radical (unpaired) electrons. The van der Waals surface area contributed by atoms with Crippen LogP contribution in [-0.4, -0.2) is 14.2 Å². The normalized spacial score (nSPS) is 13.1. The lowest BCUT2D eigenvalue weighted by Crippen LogP contribution is -2.27. The highest BCUT2D eigenvalue weighted by Crippen LogP contribution is 2.49. The lowest BCUT2D eigenvalue weighted by atomic mass is 10.00. The summed E-state index contributed by atoms with van der Waals surface area (Å²) in [7, 11) is -3.70. The van der Waals surface area contributed by atoms with Crippen LogP contribution < -0.4 is 9.80 Å². The summed E-state index contributed by atoms with van der Waals surface area (Å²) in [6, 6.07) is 11.5. The summed E-state index contributed by atoms with van der Waals surface area (Å²) < 4.78 is 36.6. The number of hydrogen-bond donors (Lipinski definition) is 0. The Kier molecular flexibility index (Phi) is 6.07. The Labute approximate surface area is 162 Å². The summed E-state index contributed by atoms with van der Waals surface area (Å²) in [5.74, 6) is 1.25. The molecule has 1 aliphatic rings. The maximum Gasteiger partial charge on any atom is 0.288 e. The van der Waals surface area contributed by atoms with E-state index in [2.05, 4.69) is 19.9 Å². The van der Waals surface area contributed by atoms with Gasteiger partial charge in [-0.05, 0) is 48.6 Å². The minimum Gasteiger partial charge on any atom is -0.452 e. The summed E-state index contributed by atoms with van der Waals surface area (Å²) in [4.78, 5) is 0. The molecular formula is C21H27NO4S. The van der Waals surface area contributed by atoms with Crippen molar-refractivity contribution in [2.24, 2.45) is 0 Å². The molecule has 0 saturated heterocycles. The number of rotatable bonds is 8. The first kappa shape index (κ1) is 19.7. The molecule has 0 spiro atoms. The Bertz CT molecular complexity index is 908. The average Bonchev–Trinajstić information content (AvgIpc) is 2.62. The van der Waals surface area contributed by atoms with Crippen LogP contribution in [0.15, 0.2) is 36.4 Å². The van der Waals surface area contributed by atoms with E-state index in [-0.39, 0.29) is 5.75 Å². The third kappa shape index (κ3) is 4.28. The van der Waals surface area contributed by atoms with E-state index in [1.54, 1.807) is 0 Å². The number of fused-ring (bicyclic) bond motifs is 2. The molecule has 2 aromatic rings. The van der Waals surface area contributed by atoms with Crippen molar-refractivity contribution in [1.29, 1.82) is 0 Å². The Morgan fingerprint density at radius 1 is 0.963 bits per heavy atom. The Balaban J connectivity index is 2.15. The van der Waals surface area contributed by atoms with Crippen molar-refractivity contribution in [3.05, 3.63) is 47.5 Å². The minimum absolute atomic E-state index is 0.0294. The quantitative estimate of drug-likeness (QED) is 0.596. The molecule has 0 aromatic heterocycles. The lowest BCUT2D eigenvalue weighted by molar-refractivity contribution is 0.307. The molecule has 146 valence electrons. The van der Waals surface area contributed by atoms with E-state index in [1.807, 2.05) is 37.3 Å². The van der Waals surface area contributed by atoms with Crippen molar-refractivity contribution in [1.82, 2.24) is 0 Å². The van der Waals surface area contributed by atoms with Crippen LogP contribution in [0.2, 0.25) is 0 Å². The zero-order valence-corrected chi connectivity index (χ0v) is 17.0. The predicted octanol–water partition coefficient (Wildman–Crippen LogP) is 5.51. The highest BCUT2D eigenvalue weighted by atomic mass is 32.2. The third-order valence-electron chi connectivity index (χ3n) is 4.42. The largest absolute Gasteiger partial charge is 0.452 e.